The van der Waals surface area contributed by atoms with Gasteiger partial charge in [-0.2, -0.15) is 0 Å². The molecule has 1 aliphatic heterocycles. The van der Waals surface area contributed by atoms with Crippen LogP contribution in [-0.4, -0.2) is 65.9 Å². The number of hydrogen-bond donors (Lipinski definition) is 2. The van der Waals surface area contributed by atoms with Gasteiger partial charge in [-0.1, -0.05) is 18.2 Å². The summed E-state index contributed by atoms with van der Waals surface area (Å²) < 4.78 is 38.2. The fraction of sp³-hybridized carbons (Fsp3) is 0.333. The molecular weight excluding hydrogens is 668 g/mol. The van der Waals surface area contributed by atoms with E-state index in [4.69, 9.17) is 4.74 Å². The smallest absolute Gasteiger partial charge is 0.337 e. The lowest BCUT2D eigenvalue weighted by atomic mass is 9.91. The minimum absolute atomic E-state index is 0.0299. The molecule has 0 unspecified atom stereocenters. The molecule has 0 spiro atoms. The molecule has 2 N–H and O–H groups in total. The average molecular weight is 708 g/mol. The Balaban J connectivity index is 1.09. The fourth-order valence-electron chi connectivity index (χ4n) is 7.63. The minimum Gasteiger partial charge on any atom is -0.508 e. The first-order valence-corrected chi connectivity index (χ1v) is 17.7. The van der Waals surface area contributed by atoms with Crippen LogP contribution in [-0.2, 0) is 17.8 Å². The van der Waals surface area contributed by atoms with Gasteiger partial charge >= 0.3 is 5.69 Å². The maximum absolute atomic E-state index is 14.6. The predicted molar refractivity (Wildman–Crippen MR) is 193 cm³/mol. The van der Waals surface area contributed by atoms with Crippen LogP contribution >= 0.6 is 0 Å². The number of halogens is 2. The van der Waals surface area contributed by atoms with Crippen LogP contribution in [0.15, 0.2) is 88.8 Å². The summed E-state index contributed by atoms with van der Waals surface area (Å²) in [5.41, 5.74) is 3.59. The number of phenols is 1. The average Bonchev–Trinajstić information content (AvgIpc) is 3.37. The molecule has 0 radical (unpaired) electrons. The van der Waals surface area contributed by atoms with Crippen molar-refractivity contribution >= 4 is 16.7 Å². The van der Waals surface area contributed by atoms with Gasteiger partial charge in [0.2, 0.25) is 0 Å². The second-order valence-corrected chi connectivity index (χ2v) is 13.7. The highest BCUT2D eigenvalue weighted by Crippen LogP contribution is 2.31. The summed E-state index contributed by atoms with van der Waals surface area (Å²) in [5, 5.41) is 14.0. The van der Waals surface area contributed by atoms with Crippen molar-refractivity contribution in [2.45, 2.75) is 57.3 Å². The Kier molecular flexibility index (Phi) is 9.39. The SMILES string of the molecule is O=c1c2cc(F)cnc2n(-c2cccc(-c3ccc(O)cc3CN3CCCOCC3)c2)c(=O)n1[C@H]1CC[C@@H](NCc2cn3cc(F)ccc3n2)CC1. The van der Waals surface area contributed by atoms with Crippen molar-refractivity contribution in [2.24, 2.45) is 0 Å². The number of benzene rings is 2. The molecule has 1 saturated carbocycles. The summed E-state index contributed by atoms with van der Waals surface area (Å²) in [6.45, 7) is 4.14. The number of imidazole rings is 1. The Hall–Kier alpha value is -5.24. The van der Waals surface area contributed by atoms with Gasteiger partial charge in [0.25, 0.3) is 5.56 Å². The number of pyridine rings is 2. The summed E-state index contributed by atoms with van der Waals surface area (Å²) in [7, 11) is 0. The molecule has 52 heavy (non-hydrogen) atoms. The van der Waals surface area contributed by atoms with E-state index in [-0.39, 0.29) is 34.7 Å². The third-order valence-electron chi connectivity index (χ3n) is 10.2. The van der Waals surface area contributed by atoms with Crippen LogP contribution in [0.4, 0.5) is 8.78 Å². The number of fused-ring (bicyclic) bond motifs is 2. The highest BCUT2D eigenvalue weighted by molar-refractivity contribution is 5.77. The zero-order chi connectivity index (χ0) is 35.8. The first-order valence-electron chi connectivity index (χ1n) is 17.7. The van der Waals surface area contributed by atoms with E-state index in [0.29, 0.717) is 56.7 Å². The van der Waals surface area contributed by atoms with Crippen molar-refractivity contribution in [3.63, 3.8) is 0 Å². The first-order chi connectivity index (χ1) is 25.3. The lowest BCUT2D eigenvalue weighted by Gasteiger charge is -2.30. The van der Waals surface area contributed by atoms with E-state index in [0.717, 1.165) is 60.8 Å². The number of nitrogens with zero attached hydrogens (tertiary/aromatic N) is 6. The van der Waals surface area contributed by atoms with Gasteiger partial charge in [0, 0.05) is 57.3 Å². The fourth-order valence-corrected chi connectivity index (χ4v) is 7.63. The van der Waals surface area contributed by atoms with Crippen molar-refractivity contribution in [3.8, 4) is 22.6 Å². The summed E-state index contributed by atoms with van der Waals surface area (Å²) in [4.78, 5) is 39.5. The van der Waals surface area contributed by atoms with Crippen molar-refractivity contribution in [2.75, 3.05) is 26.3 Å². The molecule has 8 rings (SSSR count). The lowest BCUT2D eigenvalue weighted by Crippen LogP contribution is -2.44. The van der Waals surface area contributed by atoms with Gasteiger partial charge in [0.05, 0.1) is 29.6 Å². The van der Waals surface area contributed by atoms with Crippen molar-refractivity contribution in [3.05, 3.63) is 123 Å². The first kappa shape index (κ1) is 33.9. The number of hydrogen-bond acceptors (Lipinski definition) is 8. The lowest BCUT2D eigenvalue weighted by molar-refractivity contribution is 0.140. The third kappa shape index (κ3) is 6.86. The molecule has 2 aliphatic rings. The Morgan fingerprint density at radius 2 is 1.79 bits per heavy atom. The van der Waals surface area contributed by atoms with Gasteiger partial charge in [-0.3, -0.25) is 14.3 Å². The number of aromatic hydroxyl groups is 1. The number of ether oxygens (including phenoxy) is 1. The number of phenolic OH excluding ortho intramolecular Hbond substituents is 1. The van der Waals surface area contributed by atoms with Crippen LogP contribution in [0.25, 0.3) is 33.5 Å². The van der Waals surface area contributed by atoms with Gasteiger partial charge in [-0.25, -0.2) is 28.1 Å². The minimum atomic E-state index is -0.662. The second-order valence-electron chi connectivity index (χ2n) is 13.7. The van der Waals surface area contributed by atoms with Crippen LogP contribution in [0.5, 0.6) is 5.75 Å². The summed E-state index contributed by atoms with van der Waals surface area (Å²) in [6, 6.07) is 16.6. The molecular formula is C39H39F2N7O4. The van der Waals surface area contributed by atoms with Gasteiger partial charge in [-0.15, -0.1) is 0 Å². The molecule has 2 aromatic carbocycles. The van der Waals surface area contributed by atoms with E-state index in [2.05, 4.69) is 20.2 Å². The van der Waals surface area contributed by atoms with E-state index < -0.39 is 17.1 Å². The van der Waals surface area contributed by atoms with Crippen molar-refractivity contribution in [1.82, 2.24) is 33.7 Å². The van der Waals surface area contributed by atoms with E-state index in [9.17, 15) is 23.5 Å². The van der Waals surface area contributed by atoms with Gasteiger partial charge in [0.15, 0.2) is 5.65 Å². The molecule has 4 aromatic heterocycles. The van der Waals surface area contributed by atoms with E-state index in [1.807, 2.05) is 24.3 Å². The molecule has 11 nitrogen and oxygen atoms in total. The summed E-state index contributed by atoms with van der Waals surface area (Å²) in [6.07, 6.45) is 7.68. The number of aromatic nitrogens is 5. The van der Waals surface area contributed by atoms with E-state index >= 15 is 0 Å². The quantitative estimate of drug-likeness (QED) is 0.218. The van der Waals surface area contributed by atoms with Crippen LogP contribution in [0, 0.1) is 11.6 Å². The molecule has 0 bridgehead atoms. The molecule has 0 amide bonds. The van der Waals surface area contributed by atoms with Crippen LogP contribution in [0.3, 0.4) is 0 Å². The molecule has 2 fully saturated rings. The molecule has 268 valence electrons. The molecule has 6 aromatic rings. The summed E-state index contributed by atoms with van der Waals surface area (Å²) in [5.74, 6) is -0.832. The van der Waals surface area contributed by atoms with E-state index in [1.54, 1.807) is 34.9 Å². The Bertz CT molecular complexity index is 2370. The Morgan fingerprint density at radius 1 is 0.923 bits per heavy atom. The van der Waals surface area contributed by atoms with Gasteiger partial charge in [0.1, 0.15) is 23.0 Å². The van der Waals surface area contributed by atoms with Crippen LogP contribution in [0.1, 0.15) is 49.4 Å². The maximum atomic E-state index is 14.6. The number of nitrogens with one attached hydrogen (secondary N) is 1. The van der Waals surface area contributed by atoms with Gasteiger partial charge < -0.3 is 19.6 Å². The Morgan fingerprint density at radius 3 is 2.65 bits per heavy atom. The summed E-state index contributed by atoms with van der Waals surface area (Å²) >= 11 is 0. The molecule has 0 atom stereocenters. The third-order valence-corrected chi connectivity index (χ3v) is 10.2. The standard InChI is InChI=1S/C39H39F2N7O4/c40-27-5-12-36-44-30(24-46(36)23-27)21-42-29-6-8-31(9-7-29)48-38(50)35-19-28(41)20-43-37(35)47(39(48)51)32-4-1-3-25(17-32)34-11-10-33(49)18-26(34)22-45-13-2-15-52-16-14-45/h1,3-5,10-12,17-20,23-24,29,31,42,49H,2,6-9,13-16,21-22H2/t29-,31+. The maximum Gasteiger partial charge on any atom is 0.337 e. The zero-order valence-electron chi connectivity index (χ0n) is 28.5. The molecule has 1 saturated heterocycles. The van der Waals surface area contributed by atoms with Crippen molar-refractivity contribution in [1.29, 1.82) is 0 Å². The predicted octanol–water partition coefficient (Wildman–Crippen LogP) is 5.34. The second kappa shape index (κ2) is 14.4. The Labute approximate surface area is 297 Å². The zero-order valence-corrected chi connectivity index (χ0v) is 28.5. The topological polar surface area (TPSA) is 119 Å². The van der Waals surface area contributed by atoms with Gasteiger partial charge in [-0.05, 0) is 91.3 Å². The van der Waals surface area contributed by atoms with Crippen LogP contribution in [0.2, 0.25) is 0 Å². The molecule has 13 heteroatoms. The normalized spacial score (nSPS) is 18.6. The van der Waals surface area contributed by atoms with E-state index in [1.165, 1.54) is 21.4 Å². The monoisotopic (exact) mass is 707 g/mol. The molecule has 5 heterocycles. The largest absolute Gasteiger partial charge is 0.508 e. The van der Waals surface area contributed by atoms with Crippen LogP contribution < -0.4 is 16.6 Å². The molecule has 1 aliphatic carbocycles. The highest BCUT2D eigenvalue weighted by Gasteiger charge is 2.27. The number of rotatable bonds is 8. The highest BCUT2D eigenvalue weighted by atomic mass is 19.1. The van der Waals surface area contributed by atoms with Crippen molar-refractivity contribution < 1.29 is 18.6 Å².